The van der Waals surface area contributed by atoms with Crippen LogP contribution in [0.4, 0.5) is 0 Å². The highest BCUT2D eigenvalue weighted by Crippen LogP contribution is 2.30. The minimum Gasteiger partial charge on any atom is -0.383 e. The molecule has 1 atom stereocenters. The fourth-order valence-corrected chi connectivity index (χ4v) is 5.08. The number of carbonyl (C=O) groups is 1. The van der Waals surface area contributed by atoms with Gasteiger partial charge in [-0.3, -0.25) is 14.2 Å². The third-order valence-corrected chi connectivity index (χ3v) is 7.00. The van der Waals surface area contributed by atoms with E-state index < -0.39 is 0 Å². The first kappa shape index (κ1) is 24.1. The van der Waals surface area contributed by atoms with Crippen molar-refractivity contribution in [3.8, 4) is 5.69 Å². The number of fused-ring (bicyclic) bond motifs is 1. The second-order valence-electron chi connectivity index (χ2n) is 9.41. The topological polar surface area (TPSA) is 64.4 Å². The number of ether oxygens (including phenoxy) is 1. The van der Waals surface area contributed by atoms with Gasteiger partial charge in [-0.2, -0.15) is 0 Å². The number of hydrogen-bond donors (Lipinski definition) is 0. The van der Waals surface area contributed by atoms with Crippen LogP contribution in [0.1, 0.15) is 62.9 Å². The number of rotatable bonds is 9. The van der Waals surface area contributed by atoms with Crippen molar-refractivity contribution in [2.75, 3.05) is 20.3 Å². The lowest BCUT2D eigenvalue weighted by atomic mass is 10.0. The zero-order valence-electron chi connectivity index (χ0n) is 20.5. The normalized spacial score (nSPS) is 15.0. The van der Waals surface area contributed by atoms with E-state index in [1.807, 2.05) is 61.2 Å². The molecule has 0 bridgehead atoms. The first-order valence-electron chi connectivity index (χ1n) is 12.4. The summed E-state index contributed by atoms with van der Waals surface area (Å²) in [5.74, 6) is 1.31. The van der Waals surface area contributed by atoms with Crippen molar-refractivity contribution < 1.29 is 9.53 Å². The first-order valence-corrected chi connectivity index (χ1v) is 12.4. The number of nitrogens with zero attached hydrogens (tertiary/aromatic N) is 3. The van der Waals surface area contributed by atoms with Crippen molar-refractivity contribution in [1.29, 1.82) is 0 Å². The van der Waals surface area contributed by atoms with Gasteiger partial charge in [0.05, 0.1) is 29.2 Å². The van der Waals surface area contributed by atoms with E-state index in [2.05, 4.69) is 0 Å². The van der Waals surface area contributed by atoms with Crippen LogP contribution in [0.5, 0.6) is 0 Å². The van der Waals surface area contributed by atoms with Gasteiger partial charge >= 0.3 is 0 Å². The molecule has 1 aromatic heterocycles. The fourth-order valence-electron chi connectivity index (χ4n) is 5.08. The highest BCUT2D eigenvalue weighted by Gasteiger charge is 2.27. The largest absolute Gasteiger partial charge is 0.383 e. The molecule has 1 saturated carbocycles. The van der Waals surface area contributed by atoms with Crippen molar-refractivity contribution >= 4 is 16.8 Å². The van der Waals surface area contributed by atoms with Crippen LogP contribution in [0.2, 0.25) is 0 Å². The van der Waals surface area contributed by atoms with E-state index in [1.54, 1.807) is 17.7 Å². The van der Waals surface area contributed by atoms with Crippen molar-refractivity contribution in [2.24, 2.45) is 5.92 Å². The maximum atomic E-state index is 13.7. The Balaban J connectivity index is 1.76. The molecule has 1 amide bonds. The molecule has 1 aliphatic carbocycles. The zero-order valence-corrected chi connectivity index (χ0v) is 20.5. The Hall–Kier alpha value is -2.99. The van der Waals surface area contributed by atoms with E-state index in [-0.39, 0.29) is 17.5 Å². The summed E-state index contributed by atoms with van der Waals surface area (Å²) in [4.78, 5) is 33.8. The molecule has 180 valence electrons. The summed E-state index contributed by atoms with van der Waals surface area (Å²) >= 11 is 0. The van der Waals surface area contributed by atoms with Crippen molar-refractivity contribution in [3.05, 3.63) is 70.3 Å². The number of benzene rings is 2. The van der Waals surface area contributed by atoms with Gasteiger partial charge in [0, 0.05) is 20.1 Å². The summed E-state index contributed by atoms with van der Waals surface area (Å²) in [6.45, 7) is 4.86. The lowest BCUT2D eigenvalue weighted by molar-refractivity contribution is -0.134. The monoisotopic (exact) mass is 461 g/mol. The van der Waals surface area contributed by atoms with Gasteiger partial charge < -0.3 is 9.64 Å². The molecule has 1 heterocycles. The summed E-state index contributed by atoms with van der Waals surface area (Å²) < 4.78 is 7.00. The van der Waals surface area contributed by atoms with E-state index in [9.17, 15) is 9.59 Å². The quantitative estimate of drug-likeness (QED) is 0.439. The molecule has 0 aliphatic heterocycles. The maximum absolute atomic E-state index is 13.7. The molecule has 6 heteroatoms. The number of aryl methyl sites for hydroxylation is 1. The minimum atomic E-state index is -0.385. The van der Waals surface area contributed by atoms with Gasteiger partial charge in [0.2, 0.25) is 5.91 Å². The summed E-state index contributed by atoms with van der Waals surface area (Å²) in [6.07, 6.45) is 6.42. The lowest BCUT2D eigenvalue weighted by Gasteiger charge is -2.31. The van der Waals surface area contributed by atoms with Gasteiger partial charge in [0.25, 0.3) is 5.56 Å². The minimum absolute atomic E-state index is 0.0923. The van der Waals surface area contributed by atoms with Gasteiger partial charge in [-0.1, -0.05) is 49.9 Å². The summed E-state index contributed by atoms with van der Waals surface area (Å²) in [5.41, 5.74) is 2.33. The molecular formula is C28H35N3O3. The average molecular weight is 462 g/mol. The number of carbonyl (C=O) groups excluding carboxylic acids is 1. The van der Waals surface area contributed by atoms with Gasteiger partial charge in [-0.25, -0.2) is 4.98 Å². The van der Waals surface area contributed by atoms with E-state index in [4.69, 9.17) is 9.72 Å². The van der Waals surface area contributed by atoms with E-state index in [1.165, 1.54) is 25.7 Å². The van der Waals surface area contributed by atoms with Gasteiger partial charge in [-0.05, 0) is 56.0 Å². The third kappa shape index (κ3) is 5.22. The molecule has 0 saturated heterocycles. The molecule has 1 fully saturated rings. The van der Waals surface area contributed by atoms with Crippen LogP contribution < -0.4 is 5.56 Å². The smallest absolute Gasteiger partial charge is 0.266 e. The fraction of sp³-hybridized carbons (Fsp3) is 0.464. The third-order valence-electron chi connectivity index (χ3n) is 7.00. The molecule has 3 aromatic rings. The number of aromatic nitrogens is 2. The first-order chi connectivity index (χ1) is 16.5. The van der Waals surface area contributed by atoms with Crippen molar-refractivity contribution in [2.45, 2.75) is 58.4 Å². The van der Waals surface area contributed by atoms with Gasteiger partial charge in [0.15, 0.2) is 0 Å². The molecule has 1 unspecified atom stereocenters. The van der Waals surface area contributed by atoms with Crippen LogP contribution in [-0.4, -0.2) is 40.6 Å². The molecule has 0 N–H and O–H groups in total. The van der Waals surface area contributed by atoms with Crippen LogP contribution in [0, 0.1) is 12.8 Å². The molecule has 34 heavy (non-hydrogen) atoms. The second-order valence-corrected chi connectivity index (χ2v) is 9.41. The molecule has 6 nitrogen and oxygen atoms in total. The Morgan fingerprint density at radius 2 is 1.94 bits per heavy atom. The summed E-state index contributed by atoms with van der Waals surface area (Å²) in [5, 5.41) is 0.566. The zero-order chi connectivity index (χ0) is 24.1. The number of para-hydroxylation sites is 1. The molecule has 1 aliphatic rings. The number of hydrogen-bond acceptors (Lipinski definition) is 4. The Kier molecular flexibility index (Phi) is 7.78. The second kappa shape index (κ2) is 11.0. The Bertz CT molecular complexity index is 1200. The number of methoxy groups -OCH3 is 1. The van der Waals surface area contributed by atoms with E-state index >= 15 is 0 Å². The Morgan fingerprint density at radius 3 is 2.68 bits per heavy atom. The van der Waals surface area contributed by atoms with E-state index in [0.717, 1.165) is 17.7 Å². The van der Waals surface area contributed by atoms with Crippen molar-refractivity contribution in [1.82, 2.24) is 14.5 Å². The molecular weight excluding hydrogens is 426 g/mol. The van der Waals surface area contributed by atoms with Crippen molar-refractivity contribution in [3.63, 3.8) is 0 Å². The maximum Gasteiger partial charge on any atom is 0.266 e. The van der Waals surface area contributed by atoms with Crippen LogP contribution in [-0.2, 0) is 9.53 Å². The molecule has 4 rings (SSSR count). The SMILES string of the molecule is COCCN(C(=O)CCC1CCCC1)C(C)c1nc2ccccc2c(=O)n1-c1cccc(C)c1. The average Bonchev–Trinajstić information content (AvgIpc) is 3.36. The summed E-state index contributed by atoms with van der Waals surface area (Å²) in [6, 6.07) is 14.9. The number of amides is 1. The highest BCUT2D eigenvalue weighted by atomic mass is 16.5. The highest BCUT2D eigenvalue weighted by molar-refractivity contribution is 5.79. The Labute approximate surface area is 201 Å². The van der Waals surface area contributed by atoms with E-state index in [0.29, 0.717) is 42.2 Å². The molecule has 2 aromatic carbocycles. The summed E-state index contributed by atoms with van der Waals surface area (Å²) in [7, 11) is 1.64. The molecule has 0 spiro atoms. The molecule has 0 radical (unpaired) electrons. The van der Waals surface area contributed by atoms with Crippen LogP contribution in [0.25, 0.3) is 16.6 Å². The van der Waals surface area contributed by atoms with Gasteiger partial charge in [-0.15, -0.1) is 0 Å². The van der Waals surface area contributed by atoms with Crippen LogP contribution in [0.15, 0.2) is 53.3 Å². The Morgan fingerprint density at radius 1 is 1.18 bits per heavy atom. The van der Waals surface area contributed by atoms with Gasteiger partial charge in [0.1, 0.15) is 5.82 Å². The van der Waals surface area contributed by atoms with Crippen LogP contribution >= 0.6 is 0 Å². The standard InChI is InChI=1S/C28H35N3O3/c1-20-9-8-12-23(19-20)31-27(29-25-14-7-6-13-24(25)28(31)33)21(2)30(17-18-34-3)26(32)16-15-22-10-4-5-11-22/h6-9,12-14,19,21-22H,4-5,10-11,15-18H2,1-3H3. The predicted molar refractivity (Wildman–Crippen MR) is 135 cm³/mol. The predicted octanol–water partition coefficient (Wildman–Crippen LogP) is 5.20. The lowest BCUT2D eigenvalue weighted by Crippen LogP contribution is -2.39. The van der Waals surface area contributed by atoms with Crippen LogP contribution in [0.3, 0.4) is 0 Å².